The van der Waals surface area contributed by atoms with E-state index in [4.69, 9.17) is 9.47 Å². The number of allylic oxidation sites excluding steroid dienone is 1. The van der Waals surface area contributed by atoms with E-state index in [9.17, 15) is 13.2 Å². The van der Waals surface area contributed by atoms with E-state index < -0.39 is 12.0 Å². The Kier molecular flexibility index (Phi) is 8.52. The molecule has 0 amide bonds. The first-order chi connectivity index (χ1) is 17.4. The molecule has 2 nitrogen and oxygen atoms in total. The minimum atomic E-state index is -3.22. The summed E-state index contributed by atoms with van der Waals surface area (Å²) in [5.74, 6) is -0.722. The van der Waals surface area contributed by atoms with Gasteiger partial charge in [-0.3, -0.25) is 0 Å². The molecule has 36 heavy (non-hydrogen) atoms. The van der Waals surface area contributed by atoms with Crippen LogP contribution < -0.4 is 4.74 Å². The fourth-order valence-electron chi connectivity index (χ4n) is 4.69. The minimum absolute atomic E-state index is 0.106. The van der Waals surface area contributed by atoms with Crippen LogP contribution in [0.15, 0.2) is 79.4 Å². The molecule has 0 unspecified atom stereocenters. The van der Waals surface area contributed by atoms with Crippen LogP contribution in [0.2, 0.25) is 0 Å². The lowest BCUT2D eigenvalue weighted by Crippen LogP contribution is -2.37. The SMILES string of the molecule is C=CC1CCC(C(F)(F)Oc2ccc(-c3ccc(-c4ccc(COCCC)cc4)c(F)c3)cc2)CC1. The molecule has 1 saturated carbocycles. The molecule has 0 spiro atoms. The summed E-state index contributed by atoms with van der Waals surface area (Å²) in [6, 6.07) is 19.1. The topological polar surface area (TPSA) is 18.5 Å². The maximum absolute atomic E-state index is 15.0. The van der Waals surface area contributed by atoms with Gasteiger partial charge in [0.05, 0.1) is 12.5 Å². The summed E-state index contributed by atoms with van der Waals surface area (Å²) in [6.45, 7) is 7.08. The van der Waals surface area contributed by atoms with Crippen molar-refractivity contribution in [1.82, 2.24) is 0 Å². The predicted octanol–water partition coefficient (Wildman–Crippen LogP) is 9.05. The lowest BCUT2D eigenvalue weighted by molar-refractivity contribution is -0.222. The molecular formula is C31H33F3O2. The van der Waals surface area contributed by atoms with Crippen molar-refractivity contribution in [3.05, 3.63) is 90.8 Å². The van der Waals surface area contributed by atoms with Crippen molar-refractivity contribution in [3.63, 3.8) is 0 Å². The lowest BCUT2D eigenvalue weighted by atomic mass is 9.81. The van der Waals surface area contributed by atoms with Gasteiger partial charge in [0.1, 0.15) is 11.6 Å². The Labute approximate surface area is 211 Å². The summed E-state index contributed by atoms with van der Waals surface area (Å²) < 4.78 is 55.0. The maximum Gasteiger partial charge on any atom is 0.400 e. The molecule has 0 saturated heterocycles. The molecule has 0 atom stereocenters. The van der Waals surface area contributed by atoms with Crippen LogP contribution in [-0.2, 0) is 11.3 Å². The van der Waals surface area contributed by atoms with E-state index in [-0.39, 0.29) is 11.6 Å². The van der Waals surface area contributed by atoms with Crippen LogP contribution in [0.25, 0.3) is 22.3 Å². The van der Waals surface area contributed by atoms with Gasteiger partial charge in [-0.25, -0.2) is 4.39 Å². The normalized spacial score (nSPS) is 18.1. The van der Waals surface area contributed by atoms with Crippen molar-refractivity contribution >= 4 is 0 Å². The summed E-state index contributed by atoms with van der Waals surface area (Å²) in [4.78, 5) is 0. The lowest BCUT2D eigenvalue weighted by Gasteiger charge is -2.32. The Morgan fingerprint density at radius 1 is 0.889 bits per heavy atom. The first-order valence-electron chi connectivity index (χ1n) is 12.7. The third-order valence-electron chi connectivity index (χ3n) is 6.87. The van der Waals surface area contributed by atoms with Crippen molar-refractivity contribution < 1.29 is 22.6 Å². The Hall–Kier alpha value is -3.05. The van der Waals surface area contributed by atoms with Crippen LogP contribution in [0.3, 0.4) is 0 Å². The number of hydrogen-bond acceptors (Lipinski definition) is 2. The molecule has 0 radical (unpaired) electrons. The Bertz CT molecular complexity index is 1130. The van der Waals surface area contributed by atoms with E-state index in [1.807, 2.05) is 36.4 Å². The van der Waals surface area contributed by atoms with Gasteiger partial charge < -0.3 is 9.47 Å². The molecule has 190 valence electrons. The number of halogens is 3. The molecule has 0 N–H and O–H groups in total. The van der Waals surface area contributed by atoms with Gasteiger partial charge in [0.25, 0.3) is 0 Å². The highest BCUT2D eigenvalue weighted by atomic mass is 19.3. The second kappa shape index (κ2) is 11.8. The van der Waals surface area contributed by atoms with Crippen LogP contribution in [0.4, 0.5) is 13.2 Å². The highest BCUT2D eigenvalue weighted by Gasteiger charge is 2.43. The number of ether oxygens (including phenoxy) is 2. The standard InChI is InChI=1S/C31H33F3O2/c1-3-19-35-21-23-5-9-25(10-6-23)29-18-13-26(20-30(29)32)24-11-16-28(17-12-24)36-31(33,34)27-14-7-22(4-2)8-15-27/h4-6,9-13,16-18,20,22,27H,2-3,7-8,14-15,19,21H2,1H3. The second-order valence-electron chi connectivity index (χ2n) is 9.48. The van der Waals surface area contributed by atoms with E-state index in [1.165, 1.54) is 18.2 Å². The van der Waals surface area contributed by atoms with Gasteiger partial charge in [-0.15, -0.1) is 6.58 Å². The quantitative estimate of drug-likeness (QED) is 0.207. The Balaban J connectivity index is 1.41. The highest BCUT2D eigenvalue weighted by molar-refractivity contribution is 5.71. The number of hydrogen-bond donors (Lipinski definition) is 0. The summed E-state index contributed by atoms with van der Waals surface area (Å²) >= 11 is 0. The molecule has 0 heterocycles. The van der Waals surface area contributed by atoms with Crippen molar-refractivity contribution in [2.45, 2.75) is 51.7 Å². The van der Waals surface area contributed by atoms with Crippen molar-refractivity contribution in [2.75, 3.05) is 6.61 Å². The zero-order chi connectivity index (χ0) is 25.5. The molecule has 5 heteroatoms. The van der Waals surface area contributed by atoms with Gasteiger partial charge >= 0.3 is 6.11 Å². The van der Waals surface area contributed by atoms with E-state index in [0.717, 1.165) is 23.1 Å². The number of alkyl halides is 2. The van der Waals surface area contributed by atoms with Crippen molar-refractivity contribution in [3.8, 4) is 28.0 Å². The monoisotopic (exact) mass is 494 g/mol. The third-order valence-corrected chi connectivity index (χ3v) is 6.87. The van der Waals surface area contributed by atoms with Gasteiger partial charge in [0.15, 0.2) is 0 Å². The minimum Gasteiger partial charge on any atom is -0.432 e. The smallest absolute Gasteiger partial charge is 0.400 e. The van der Waals surface area contributed by atoms with Gasteiger partial charge in [-0.05, 0) is 78.5 Å². The van der Waals surface area contributed by atoms with E-state index >= 15 is 0 Å². The van der Waals surface area contributed by atoms with Crippen LogP contribution >= 0.6 is 0 Å². The van der Waals surface area contributed by atoms with Crippen LogP contribution in [0, 0.1) is 17.7 Å². The van der Waals surface area contributed by atoms with E-state index in [0.29, 0.717) is 55.9 Å². The molecule has 0 aromatic heterocycles. The summed E-state index contributed by atoms with van der Waals surface area (Å²) in [7, 11) is 0. The third kappa shape index (κ3) is 6.38. The summed E-state index contributed by atoms with van der Waals surface area (Å²) in [5.41, 5.74) is 3.73. The Morgan fingerprint density at radius 3 is 2.14 bits per heavy atom. The molecule has 4 rings (SSSR count). The first-order valence-corrected chi connectivity index (χ1v) is 12.7. The molecule has 3 aromatic rings. The van der Waals surface area contributed by atoms with Gasteiger partial charge in [-0.2, -0.15) is 8.78 Å². The fourth-order valence-corrected chi connectivity index (χ4v) is 4.69. The zero-order valence-corrected chi connectivity index (χ0v) is 20.7. The highest BCUT2D eigenvalue weighted by Crippen LogP contribution is 2.40. The predicted molar refractivity (Wildman–Crippen MR) is 138 cm³/mol. The average molecular weight is 495 g/mol. The molecular weight excluding hydrogens is 461 g/mol. The average Bonchev–Trinajstić information content (AvgIpc) is 2.89. The van der Waals surface area contributed by atoms with Gasteiger partial charge in [0, 0.05) is 12.2 Å². The largest absolute Gasteiger partial charge is 0.432 e. The van der Waals surface area contributed by atoms with Crippen molar-refractivity contribution in [2.24, 2.45) is 11.8 Å². The molecule has 1 fully saturated rings. The first kappa shape index (κ1) is 26.0. The molecule has 0 aliphatic heterocycles. The van der Waals surface area contributed by atoms with Crippen LogP contribution in [-0.4, -0.2) is 12.7 Å². The number of benzene rings is 3. The summed E-state index contributed by atoms with van der Waals surface area (Å²) in [6.07, 6.45) is 1.86. The molecule has 0 bridgehead atoms. The van der Waals surface area contributed by atoms with E-state index in [2.05, 4.69) is 13.5 Å². The van der Waals surface area contributed by atoms with Gasteiger partial charge in [-0.1, -0.05) is 61.5 Å². The van der Waals surface area contributed by atoms with Crippen LogP contribution in [0.5, 0.6) is 5.75 Å². The van der Waals surface area contributed by atoms with Crippen LogP contribution in [0.1, 0.15) is 44.6 Å². The molecule has 3 aromatic carbocycles. The fraction of sp³-hybridized carbons (Fsp3) is 0.355. The maximum atomic E-state index is 15.0. The molecule has 1 aliphatic carbocycles. The Morgan fingerprint density at radius 2 is 1.53 bits per heavy atom. The second-order valence-corrected chi connectivity index (χ2v) is 9.48. The van der Waals surface area contributed by atoms with E-state index in [1.54, 1.807) is 18.2 Å². The number of rotatable bonds is 10. The summed E-state index contributed by atoms with van der Waals surface area (Å²) in [5, 5.41) is 0. The zero-order valence-electron chi connectivity index (χ0n) is 20.7. The van der Waals surface area contributed by atoms with Gasteiger partial charge in [0.2, 0.25) is 0 Å². The molecule has 1 aliphatic rings. The van der Waals surface area contributed by atoms with Crippen molar-refractivity contribution in [1.29, 1.82) is 0 Å².